The van der Waals surface area contributed by atoms with Crippen LogP contribution in [-0.4, -0.2) is 92.5 Å². The Morgan fingerprint density at radius 3 is 2.59 bits per heavy atom. The van der Waals surface area contributed by atoms with Crippen LogP contribution >= 0.6 is 23.5 Å². The molecule has 9 nitrogen and oxygen atoms in total. The van der Waals surface area contributed by atoms with E-state index in [2.05, 4.69) is 44.3 Å². The van der Waals surface area contributed by atoms with Gasteiger partial charge in [0.25, 0.3) is 0 Å². The Hall–Kier alpha value is -2.30. The molecule has 2 heterocycles. The largest absolute Gasteiger partial charge is 0.494 e. The minimum absolute atomic E-state index is 0.0356. The second kappa shape index (κ2) is 15.8. The molecule has 0 aliphatic carbocycles. The molecule has 2 aromatic carbocycles. The van der Waals surface area contributed by atoms with Crippen molar-refractivity contribution in [2.75, 3.05) is 31.0 Å². The summed E-state index contributed by atoms with van der Waals surface area (Å²) < 4.78 is 12.0. The van der Waals surface area contributed by atoms with Gasteiger partial charge >= 0.3 is 0 Å². The molecule has 2 aliphatic rings. The van der Waals surface area contributed by atoms with E-state index < -0.39 is 29.9 Å². The number of benzene rings is 2. The van der Waals surface area contributed by atoms with Crippen LogP contribution in [0.3, 0.4) is 0 Å². The van der Waals surface area contributed by atoms with Gasteiger partial charge in [-0.25, -0.2) is 0 Å². The van der Waals surface area contributed by atoms with Crippen molar-refractivity contribution in [3.05, 3.63) is 64.7 Å². The highest BCUT2D eigenvalue weighted by Crippen LogP contribution is 2.36. The average molecular weight is 644 g/mol. The monoisotopic (exact) mass is 643 g/mol. The molecule has 2 aromatic rings. The molecule has 240 valence electrons. The van der Waals surface area contributed by atoms with E-state index in [1.54, 1.807) is 22.9 Å². The number of nitriles is 1. The molecule has 4 N–H and O–H groups in total. The van der Waals surface area contributed by atoms with Crippen molar-refractivity contribution in [1.82, 2.24) is 10.2 Å². The second-order valence-corrected chi connectivity index (χ2v) is 14.0. The molecule has 0 bridgehead atoms. The van der Waals surface area contributed by atoms with E-state index >= 15 is 0 Å². The highest BCUT2D eigenvalue weighted by atomic mass is 32.2. The number of thioether (sulfide) groups is 2. The fraction of sp³-hybridized carbons (Fsp3) is 0.576. The minimum atomic E-state index is -1.28. The van der Waals surface area contributed by atoms with E-state index in [9.17, 15) is 25.4 Å². The van der Waals surface area contributed by atoms with Crippen molar-refractivity contribution in [2.24, 2.45) is 0 Å². The predicted octanol–water partition coefficient (Wildman–Crippen LogP) is 3.64. The highest BCUT2D eigenvalue weighted by molar-refractivity contribution is 7.99. The number of ether oxygens (including phenoxy) is 2. The molecule has 0 radical (unpaired) electrons. The molecular weight excluding hydrogens is 599 g/mol. The molecule has 0 spiro atoms. The zero-order valence-corrected chi connectivity index (χ0v) is 27.6. The van der Waals surface area contributed by atoms with Gasteiger partial charge in [-0.05, 0) is 80.2 Å². The molecule has 0 aromatic heterocycles. The van der Waals surface area contributed by atoms with Crippen LogP contribution in [-0.2, 0) is 22.4 Å². The molecule has 6 atom stereocenters. The number of carbonyl (C=O) groups excluding carboxylic acids is 1. The lowest BCUT2D eigenvalue weighted by atomic mass is 9.90. The van der Waals surface area contributed by atoms with E-state index in [4.69, 9.17) is 9.47 Å². The lowest BCUT2D eigenvalue weighted by Crippen LogP contribution is -2.52. The fourth-order valence-electron chi connectivity index (χ4n) is 5.58. The molecule has 4 rings (SSSR count). The van der Waals surface area contributed by atoms with E-state index in [1.165, 1.54) is 17.3 Å². The van der Waals surface area contributed by atoms with Crippen LogP contribution in [0.2, 0.25) is 0 Å². The fourth-order valence-corrected chi connectivity index (χ4v) is 7.35. The van der Waals surface area contributed by atoms with Gasteiger partial charge in [0, 0.05) is 11.3 Å². The molecule has 2 aliphatic heterocycles. The zero-order chi connectivity index (χ0) is 31.9. The van der Waals surface area contributed by atoms with Crippen LogP contribution in [0.15, 0.2) is 42.5 Å². The molecule has 2 fully saturated rings. The summed E-state index contributed by atoms with van der Waals surface area (Å²) in [4.78, 5) is 14.2. The van der Waals surface area contributed by atoms with Crippen molar-refractivity contribution in [3.63, 3.8) is 0 Å². The maximum atomic E-state index is 12.5. The number of aryl methyl sites for hydroxylation is 1. The second-order valence-electron chi connectivity index (χ2n) is 12.0. The Balaban J connectivity index is 1.28. The predicted molar refractivity (Wildman–Crippen MR) is 175 cm³/mol. The third kappa shape index (κ3) is 8.69. The number of aliphatic hydroxyl groups is 3. The minimum Gasteiger partial charge on any atom is -0.494 e. The smallest absolute Gasteiger partial charge is 0.238 e. The van der Waals surface area contributed by atoms with Crippen molar-refractivity contribution < 1.29 is 29.6 Å². The maximum Gasteiger partial charge on any atom is 0.238 e. The lowest BCUT2D eigenvalue weighted by Gasteiger charge is -2.40. The molecule has 2 saturated heterocycles. The quantitative estimate of drug-likeness (QED) is 0.240. The molecular formula is C33H45N3O6S2. The molecule has 0 unspecified atom stereocenters. The SMILES string of the molecule is CCc1ccc([C@@H]2O[C@H](SC)[C@@H](O)[C@H](O)[C@H]2O)cc1Cc1ccc(OCCCC(C)(C)NCC(=O)N2CSC[C@@H]2C#N)cc1. The van der Waals surface area contributed by atoms with Crippen LogP contribution in [0.4, 0.5) is 0 Å². The van der Waals surface area contributed by atoms with Gasteiger partial charge in [-0.3, -0.25) is 4.79 Å². The Morgan fingerprint density at radius 1 is 1.16 bits per heavy atom. The third-order valence-corrected chi connectivity index (χ3v) is 10.2. The number of aliphatic hydroxyl groups excluding tert-OH is 3. The van der Waals surface area contributed by atoms with E-state index in [0.717, 1.165) is 41.7 Å². The van der Waals surface area contributed by atoms with Gasteiger partial charge in [-0.2, -0.15) is 5.26 Å². The van der Waals surface area contributed by atoms with Crippen molar-refractivity contribution in [2.45, 2.75) is 87.9 Å². The first-order valence-electron chi connectivity index (χ1n) is 15.1. The van der Waals surface area contributed by atoms with E-state index in [1.807, 2.05) is 30.3 Å². The van der Waals surface area contributed by atoms with Gasteiger partial charge < -0.3 is 35.0 Å². The van der Waals surface area contributed by atoms with Crippen LogP contribution in [0.25, 0.3) is 0 Å². The van der Waals surface area contributed by atoms with Crippen molar-refractivity contribution in [3.8, 4) is 11.8 Å². The number of hydrogen-bond acceptors (Lipinski definition) is 10. The summed E-state index contributed by atoms with van der Waals surface area (Å²) >= 11 is 2.92. The Kier molecular flexibility index (Phi) is 12.4. The molecule has 44 heavy (non-hydrogen) atoms. The van der Waals surface area contributed by atoms with Crippen LogP contribution in [0.1, 0.15) is 62.0 Å². The first-order chi connectivity index (χ1) is 21.1. The lowest BCUT2D eigenvalue weighted by molar-refractivity contribution is -0.200. The summed E-state index contributed by atoms with van der Waals surface area (Å²) in [6, 6.07) is 15.9. The topological polar surface area (TPSA) is 135 Å². The van der Waals surface area contributed by atoms with Crippen molar-refractivity contribution >= 4 is 29.4 Å². The van der Waals surface area contributed by atoms with Gasteiger partial charge in [0.1, 0.15) is 41.6 Å². The van der Waals surface area contributed by atoms with Gasteiger partial charge in [-0.15, -0.1) is 23.5 Å². The Morgan fingerprint density at radius 2 is 1.91 bits per heavy atom. The van der Waals surface area contributed by atoms with Crippen molar-refractivity contribution in [1.29, 1.82) is 5.26 Å². The number of rotatable bonds is 13. The number of carbonyl (C=O) groups is 1. The van der Waals surface area contributed by atoms with Crippen LogP contribution in [0.5, 0.6) is 5.75 Å². The third-order valence-electron chi connectivity index (χ3n) is 8.34. The summed E-state index contributed by atoms with van der Waals surface area (Å²) in [6.07, 6.45) is 0.628. The van der Waals surface area contributed by atoms with Crippen LogP contribution in [0, 0.1) is 11.3 Å². The molecule has 1 amide bonds. The van der Waals surface area contributed by atoms with Crippen LogP contribution < -0.4 is 10.1 Å². The number of amides is 1. The summed E-state index contributed by atoms with van der Waals surface area (Å²) in [5.74, 6) is 2.01. The summed E-state index contributed by atoms with van der Waals surface area (Å²) in [5.41, 5.74) is 3.36. The Bertz CT molecular complexity index is 1290. The zero-order valence-electron chi connectivity index (χ0n) is 25.9. The van der Waals surface area contributed by atoms with E-state index in [0.29, 0.717) is 24.7 Å². The standard InChI is InChI=1S/C33H45N3O6S2/c1-5-22-9-10-23(31-29(39)28(38)30(40)32(42-31)43-4)16-24(22)15-21-7-11-26(12-8-21)41-14-6-13-33(2,3)35-18-27(37)36-20-44-19-25(36)17-34/h7-12,16,25,28-32,35,38-40H,5-6,13-15,18-20H2,1-4H3/t25-,28+,29+,30-,31-,32+/m0/s1. The summed E-state index contributed by atoms with van der Waals surface area (Å²) in [7, 11) is 0. The summed E-state index contributed by atoms with van der Waals surface area (Å²) in [5, 5.41) is 43.9. The van der Waals surface area contributed by atoms with E-state index in [-0.39, 0.29) is 24.0 Å². The first-order valence-corrected chi connectivity index (χ1v) is 17.6. The highest BCUT2D eigenvalue weighted by Gasteiger charge is 2.44. The number of hydrogen-bond donors (Lipinski definition) is 4. The average Bonchev–Trinajstić information content (AvgIpc) is 3.51. The van der Waals surface area contributed by atoms with Gasteiger partial charge in [0.15, 0.2) is 0 Å². The number of nitrogens with zero attached hydrogens (tertiary/aromatic N) is 2. The van der Waals surface area contributed by atoms with Gasteiger partial charge in [0.05, 0.1) is 25.1 Å². The molecule has 0 saturated carbocycles. The van der Waals surface area contributed by atoms with Gasteiger partial charge in [-0.1, -0.05) is 37.3 Å². The summed E-state index contributed by atoms with van der Waals surface area (Å²) in [6.45, 7) is 7.03. The number of nitrogens with one attached hydrogen (secondary N) is 1. The normalized spacial score (nSPS) is 25.5. The maximum absolute atomic E-state index is 12.5. The molecule has 11 heteroatoms. The Labute approximate surface area is 269 Å². The first kappa shape index (κ1) is 34.6. The van der Waals surface area contributed by atoms with Gasteiger partial charge in [0.2, 0.25) is 5.91 Å².